The van der Waals surface area contributed by atoms with Crippen molar-refractivity contribution in [3.63, 3.8) is 0 Å². The number of benzene rings is 1. The highest BCUT2D eigenvalue weighted by molar-refractivity contribution is 5.99. The Morgan fingerprint density at radius 3 is 2.65 bits per heavy atom. The van der Waals surface area contributed by atoms with Crippen LogP contribution in [0, 0.1) is 0 Å². The summed E-state index contributed by atoms with van der Waals surface area (Å²) in [5, 5.41) is 7.95. The molecule has 2 aromatic heterocycles. The predicted molar refractivity (Wildman–Crippen MR) is 145 cm³/mol. The van der Waals surface area contributed by atoms with E-state index in [1.54, 1.807) is 48.6 Å². The highest BCUT2D eigenvalue weighted by Crippen LogP contribution is 2.35. The third kappa shape index (κ3) is 6.28. The van der Waals surface area contributed by atoms with E-state index in [9.17, 15) is 4.79 Å². The lowest BCUT2D eigenvalue weighted by molar-refractivity contribution is 0.0635. The number of nitrogen functional groups attached to an aromatic ring is 1. The van der Waals surface area contributed by atoms with Gasteiger partial charge in [0.05, 0.1) is 24.7 Å². The number of anilines is 2. The molecular formula is C26H38N8O3. The number of piperidine rings is 1. The maximum atomic E-state index is 12.3. The molecule has 0 atom stereocenters. The van der Waals surface area contributed by atoms with Gasteiger partial charge in [0.1, 0.15) is 29.2 Å². The Hall–Kier alpha value is -3.44. The molecule has 0 unspecified atom stereocenters. The van der Waals surface area contributed by atoms with Crippen molar-refractivity contribution < 1.29 is 21.1 Å². The number of carbonyl (C=O) groups excluding carboxylic acids is 1. The summed E-state index contributed by atoms with van der Waals surface area (Å²) in [5.74, 6) is 0.584. The molecule has 0 bridgehead atoms. The van der Waals surface area contributed by atoms with Crippen LogP contribution < -0.4 is 15.8 Å². The number of nitrogens with two attached hydrogens (primary N) is 1. The zero-order valence-corrected chi connectivity index (χ0v) is 22.1. The van der Waals surface area contributed by atoms with Crippen molar-refractivity contribution in [1.82, 2.24) is 29.5 Å². The average Bonchev–Trinajstić information content (AvgIpc) is 3.24. The second-order valence-corrected chi connectivity index (χ2v) is 9.88. The van der Waals surface area contributed by atoms with Crippen LogP contribution in [0.4, 0.5) is 16.3 Å². The predicted octanol–water partition coefficient (Wildman–Crippen LogP) is 3.46. The first-order valence-corrected chi connectivity index (χ1v) is 12.0. The van der Waals surface area contributed by atoms with Crippen LogP contribution in [0.2, 0.25) is 0 Å². The number of rotatable bonds is 7. The zero-order valence-electron chi connectivity index (χ0n) is 27.1. The molecule has 1 fully saturated rings. The summed E-state index contributed by atoms with van der Waals surface area (Å²) in [5.41, 5.74) is 7.55. The number of likely N-dealkylation sites (tertiary alicyclic amines) is 1. The lowest BCUT2D eigenvalue weighted by atomic mass is 10.0. The topological polar surface area (TPSA) is 124 Å². The van der Waals surface area contributed by atoms with E-state index in [1.165, 1.54) is 32.4 Å². The number of aromatic nitrogens is 4. The molecule has 0 radical (unpaired) electrons. The van der Waals surface area contributed by atoms with Crippen LogP contribution in [0.1, 0.15) is 40.4 Å². The van der Waals surface area contributed by atoms with Gasteiger partial charge in [0.2, 0.25) is 0 Å². The van der Waals surface area contributed by atoms with Crippen molar-refractivity contribution in [2.75, 3.05) is 51.9 Å². The molecule has 1 aliphatic rings. The van der Waals surface area contributed by atoms with Gasteiger partial charge in [-0.25, -0.2) is 19.4 Å². The van der Waals surface area contributed by atoms with Gasteiger partial charge in [-0.05, 0) is 72.8 Å². The van der Waals surface area contributed by atoms with E-state index in [2.05, 4.69) is 15.3 Å². The molecule has 37 heavy (non-hydrogen) atoms. The molecule has 0 spiro atoms. The molecule has 3 N–H and O–H groups in total. The van der Waals surface area contributed by atoms with E-state index >= 15 is 0 Å². The number of nitrogens with zero attached hydrogens (tertiary/aromatic N) is 6. The SMILES string of the molecule is [2H]C1([2H])CN(CCn2nc(-c3ccc(NC(=O)OC(C)(C)C)c(OC)c3)c3c(N)ncnc32)CC([2H])([2H])C1([2H])N(C)C. The minimum absolute atomic E-state index is 0.124. The molecule has 0 aliphatic carbocycles. The van der Waals surface area contributed by atoms with Gasteiger partial charge in [0.25, 0.3) is 0 Å². The van der Waals surface area contributed by atoms with Crippen molar-refractivity contribution in [2.45, 2.75) is 51.7 Å². The molecule has 1 aromatic carbocycles. The lowest BCUT2D eigenvalue weighted by Gasteiger charge is -2.35. The third-order valence-corrected chi connectivity index (χ3v) is 5.68. The van der Waals surface area contributed by atoms with Gasteiger partial charge in [-0.2, -0.15) is 5.10 Å². The van der Waals surface area contributed by atoms with Crippen LogP contribution in [0.3, 0.4) is 0 Å². The van der Waals surface area contributed by atoms with Crippen LogP contribution in [-0.4, -0.2) is 88.1 Å². The number of nitrogens with one attached hydrogen (secondary N) is 1. The highest BCUT2D eigenvalue weighted by atomic mass is 16.6. The minimum atomic E-state index is -2.15. The van der Waals surface area contributed by atoms with E-state index < -0.39 is 30.5 Å². The van der Waals surface area contributed by atoms with E-state index in [4.69, 9.17) is 27.2 Å². The average molecular weight is 516 g/mol. The Kier molecular flexibility index (Phi) is 6.07. The van der Waals surface area contributed by atoms with E-state index in [0.29, 0.717) is 33.7 Å². The largest absolute Gasteiger partial charge is 0.495 e. The number of ether oxygens (including phenoxy) is 2. The first-order valence-electron chi connectivity index (χ1n) is 14.5. The molecule has 3 heterocycles. The molecule has 1 aliphatic heterocycles. The highest BCUT2D eigenvalue weighted by Gasteiger charge is 2.23. The fraction of sp³-hybridized carbons (Fsp3) is 0.538. The molecular weight excluding hydrogens is 472 g/mol. The Balaban J connectivity index is 1.63. The standard InChI is InChI=1S/C26H38N8O3/c1-26(2,3)37-25(35)30-19-8-7-17(15-20(19)36-6)22-21-23(27)28-16-29-24(21)34(31-22)14-13-33-11-9-18(10-12-33)32(4)5/h7-8,15-16,18H,9-14H2,1-6H3,(H,30,35)(H2,27,28,29)/i9D2,10D2,18D. The Morgan fingerprint density at radius 2 is 2.00 bits per heavy atom. The Labute approximate surface area is 225 Å². The molecule has 4 rings (SSSR count). The number of methoxy groups -OCH3 is 1. The van der Waals surface area contributed by atoms with Gasteiger partial charge < -0.3 is 25.0 Å². The summed E-state index contributed by atoms with van der Waals surface area (Å²) < 4.78 is 55.4. The fourth-order valence-corrected chi connectivity index (χ4v) is 3.95. The second kappa shape index (κ2) is 10.9. The maximum absolute atomic E-state index is 12.3. The van der Waals surface area contributed by atoms with Crippen LogP contribution >= 0.6 is 0 Å². The van der Waals surface area contributed by atoms with Gasteiger partial charge in [-0.15, -0.1) is 0 Å². The number of hydrogen-bond acceptors (Lipinski definition) is 9. The van der Waals surface area contributed by atoms with Crippen molar-refractivity contribution in [3.8, 4) is 17.0 Å². The van der Waals surface area contributed by atoms with E-state index in [1.807, 2.05) is 0 Å². The number of fused-ring (bicyclic) bond motifs is 1. The van der Waals surface area contributed by atoms with Gasteiger partial charge in [-0.1, -0.05) is 6.07 Å². The molecule has 3 aromatic rings. The molecule has 1 amide bonds. The van der Waals surface area contributed by atoms with Crippen LogP contribution in [0.5, 0.6) is 5.75 Å². The maximum Gasteiger partial charge on any atom is 0.412 e. The second-order valence-electron chi connectivity index (χ2n) is 9.88. The summed E-state index contributed by atoms with van der Waals surface area (Å²) in [6.07, 6.45) is -3.58. The van der Waals surface area contributed by atoms with E-state index in [0.717, 1.165) is 0 Å². The number of amides is 1. The number of hydrogen-bond donors (Lipinski definition) is 2. The fourth-order valence-electron chi connectivity index (χ4n) is 3.95. The number of carbonyl (C=O) groups is 1. The quantitative estimate of drug-likeness (QED) is 0.487. The monoisotopic (exact) mass is 515 g/mol. The van der Waals surface area contributed by atoms with Gasteiger partial charge in [0.15, 0.2) is 5.65 Å². The van der Waals surface area contributed by atoms with Crippen molar-refractivity contribution in [2.24, 2.45) is 0 Å². The smallest absolute Gasteiger partial charge is 0.412 e. The molecule has 1 saturated heterocycles. The zero-order chi connectivity index (χ0) is 31.3. The van der Waals surface area contributed by atoms with Crippen LogP contribution in [-0.2, 0) is 11.3 Å². The summed E-state index contributed by atoms with van der Waals surface area (Å²) in [6.45, 7) is 5.56. The van der Waals surface area contributed by atoms with Crippen molar-refractivity contribution >= 4 is 28.6 Å². The first-order chi connectivity index (χ1) is 19.4. The molecule has 11 heteroatoms. The molecule has 200 valence electrons. The third-order valence-electron chi connectivity index (χ3n) is 5.68. The minimum Gasteiger partial charge on any atom is -0.495 e. The Morgan fingerprint density at radius 1 is 1.27 bits per heavy atom. The summed E-state index contributed by atoms with van der Waals surface area (Å²) in [6, 6.07) is 3.07. The summed E-state index contributed by atoms with van der Waals surface area (Å²) >= 11 is 0. The van der Waals surface area contributed by atoms with Gasteiger partial charge in [-0.3, -0.25) is 5.32 Å². The van der Waals surface area contributed by atoms with Crippen LogP contribution in [0.25, 0.3) is 22.3 Å². The molecule has 0 saturated carbocycles. The Bertz CT molecular complexity index is 1460. The summed E-state index contributed by atoms with van der Waals surface area (Å²) in [7, 11) is 4.52. The van der Waals surface area contributed by atoms with Gasteiger partial charge in [0, 0.05) is 25.0 Å². The lowest BCUT2D eigenvalue weighted by Crippen LogP contribution is -2.42. The van der Waals surface area contributed by atoms with E-state index in [-0.39, 0.29) is 32.0 Å². The van der Waals surface area contributed by atoms with Gasteiger partial charge >= 0.3 is 6.09 Å². The first kappa shape index (κ1) is 20.6. The molecule has 11 nitrogen and oxygen atoms in total. The summed E-state index contributed by atoms with van der Waals surface area (Å²) in [4.78, 5) is 23.8. The van der Waals surface area contributed by atoms with Crippen molar-refractivity contribution in [3.05, 3.63) is 24.5 Å². The normalized spacial score (nSPS) is 20.9. The van der Waals surface area contributed by atoms with Crippen molar-refractivity contribution in [1.29, 1.82) is 0 Å². The van der Waals surface area contributed by atoms with Crippen LogP contribution in [0.15, 0.2) is 24.5 Å².